The number of nitrogens with one attached hydrogen (secondary N) is 4. The van der Waals surface area contributed by atoms with Crippen molar-refractivity contribution in [1.29, 1.82) is 5.26 Å². The molecule has 0 spiro atoms. The van der Waals surface area contributed by atoms with Gasteiger partial charge < -0.3 is 35.6 Å². The summed E-state index contributed by atoms with van der Waals surface area (Å²) in [4.78, 5) is 15.0. The van der Waals surface area contributed by atoms with Crippen LogP contribution in [-0.2, 0) is 14.3 Å². The van der Waals surface area contributed by atoms with Gasteiger partial charge in [0.1, 0.15) is 0 Å². The Morgan fingerprint density at radius 2 is 1.93 bits per heavy atom. The van der Waals surface area contributed by atoms with Crippen molar-refractivity contribution < 1.29 is 14.3 Å². The van der Waals surface area contributed by atoms with Gasteiger partial charge in [0.25, 0.3) is 0 Å². The molecule has 2 heterocycles. The molecule has 2 aliphatic heterocycles. The molecule has 9 heteroatoms. The molecule has 10 unspecified atom stereocenters. The van der Waals surface area contributed by atoms with E-state index in [1.807, 2.05) is 21.0 Å². The van der Waals surface area contributed by atoms with Crippen molar-refractivity contribution >= 4 is 5.91 Å². The van der Waals surface area contributed by atoms with Gasteiger partial charge in [-0.15, -0.1) is 0 Å². The molecule has 4 aliphatic rings. The van der Waals surface area contributed by atoms with Crippen LogP contribution in [0.4, 0.5) is 0 Å². The summed E-state index contributed by atoms with van der Waals surface area (Å²) < 4.78 is 12.6. The molecule has 0 aromatic rings. The van der Waals surface area contributed by atoms with Gasteiger partial charge in [-0.25, -0.2) is 0 Å². The highest BCUT2D eigenvalue weighted by atomic mass is 16.5. The summed E-state index contributed by atoms with van der Waals surface area (Å²) in [5, 5.41) is 24.7. The predicted molar refractivity (Wildman–Crippen MR) is 158 cm³/mol. The van der Waals surface area contributed by atoms with Crippen molar-refractivity contribution in [2.24, 2.45) is 17.8 Å². The Hall–Kier alpha value is -1.28. The minimum atomic E-state index is -0.0806. The number of fused-ring (bicyclic) bond motifs is 1. The fourth-order valence-corrected chi connectivity index (χ4v) is 7.63. The van der Waals surface area contributed by atoms with Gasteiger partial charge in [-0.3, -0.25) is 4.79 Å². The molecule has 4 rings (SSSR count). The standard InChI is InChI=1S/C31H56N6O3/c1-5-39-29-17-26-25(16-27(29)36-30(38)10-8-14-37(3)4)31(22(18-32)19-34-26)35-23-11-12-28(21(2)15-23)40-20-24-9-6-7-13-33-24/h21-29,31,33-35H,5-17,19-20H2,1-4H3,(H,36,38). The van der Waals surface area contributed by atoms with Crippen LogP contribution in [0.2, 0.25) is 0 Å². The fourth-order valence-electron chi connectivity index (χ4n) is 7.63. The van der Waals surface area contributed by atoms with Crippen molar-refractivity contribution in [3.8, 4) is 6.07 Å². The summed E-state index contributed by atoms with van der Waals surface area (Å²) >= 11 is 0. The topological polar surface area (TPSA) is 111 Å². The molecule has 4 N–H and O–H groups in total. The van der Waals surface area contributed by atoms with Gasteiger partial charge in [0.05, 0.1) is 36.8 Å². The monoisotopic (exact) mass is 560 g/mol. The van der Waals surface area contributed by atoms with Gasteiger partial charge in [-0.05, 0) is 97.3 Å². The number of rotatable bonds is 12. The normalized spacial score (nSPS) is 38.4. The Morgan fingerprint density at radius 1 is 1.07 bits per heavy atom. The number of carbonyl (C=O) groups is 1. The summed E-state index contributed by atoms with van der Waals surface area (Å²) in [5.41, 5.74) is 0. The number of piperidine rings is 2. The van der Waals surface area contributed by atoms with Crippen LogP contribution in [0.5, 0.6) is 0 Å². The summed E-state index contributed by atoms with van der Waals surface area (Å²) in [7, 11) is 4.07. The molecule has 1 amide bonds. The molecule has 0 aromatic carbocycles. The molecule has 0 radical (unpaired) electrons. The van der Waals surface area contributed by atoms with E-state index in [4.69, 9.17) is 9.47 Å². The minimum Gasteiger partial charge on any atom is -0.376 e. The summed E-state index contributed by atoms with van der Waals surface area (Å²) in [5.74, 6) is 0.804. The van der Waals surface area contributed by atoms with E-state index in [2.05, 4.69) is 39.2 Å². The van der Waals surface area contributed by atoms with Crippen LogP contribution in [0, 0.1) is 29.1 Å². The molecule has 228 valence electrons. The van der Waals surface area contributed by atoms with E-state index < -0.39 is 0 Å². The second-order valence-corrected chi connectivity index (χ2v) is 13.2. The van der Waals surface area contributed by atoms with Crippen molar-refractivity contribution in [1.82, 2.24) is 26.2 Å². The van der Waals surface area contributed by atoms with E-state index in [0.29, 0.717) is 49.7 Å². The van der Waals surface area contributed by atoms with Gasteiger partial charge in [-0.1, -0.05) is 13.3 Å². The minimum absolute atomic E-state index is 0.00194. The number of nitrogens with zero attached hydrogens (tertiary/aromatic N) is 2. The lowest BCUT2D eigenvalue weighted by molar-refractivity contribution is -0.124. The molecule has 2 saturated heterocycles. The van der Waals surface area contributed by atoms with Crippen LogP contribution < -0.4 is 21.3 Å². The zero-order valence-corrected chi connectivity index (χ0v) is 25.5. The quantitative estimate of drug-likeness (QED) is 0.288. The predicted octanol–water partition coefficient (Wildman–Crippen LogP) is 2.41. The zero-order valence-electron chi connectivity index (χ0n) is 25.5. The third-order valence-electron chi connectivity index (χ3n) is 9.82. The van der Waals surface area contributed by atoms with Crippen molar-refractivity contribution in [3.05, 3.63) is 0 Å². The molecular weight excluding hydrogens is 504 g/mol. The SMILES string of the molecule is CCOC1CC2NCC(C#N)C(NC3CCC(OCC4CCCCN4)C(C)C3)C2CC1NC(=O)CCCN(C)C. The van der Waals surface area contributed by atoms with Crippen LogP contribution in [0.25, 0.3) is 0 Å². The Labute approximate surface area is 242 Å². The lowest BCUT2D eigenvalue weighted by Crippen LogP contribution is -2.66. The first-order valence-corrected chi connectivity index (χ1v) is 16.2. The first kappa shape index (κ1) is 31.7. The molecule has 10 atom stereocenters. The fraction of sp³-hybridized carbons (Fsp3) is 0.935. The van der Waals surface area contributed by atoms with Crippen molar-refractivity contribution in [2.75, 3.05) is 46.9 Å². The van der Waals surface area contributed by atoms with Crippen molar-refractivity contribution in [3.63, 3.8) is 0 Å². The van der Waals surface area contributed by atoms with Crippen LogP contribution in [0.1, 0.15) is 78.1 Å². The first-order chi connectivity index (χ1) is 19.4. The molecule has 2 aliphatic carbocycles. The largest absolute Gasteiger partial charge is 0.376 e. The number of amides is 1. The Morgan fingerprint density at radius 3 is 2.62 bits per heavy atom. The van der Waals surface area contributed by atoms with E-state index in [-0.39, 0.29) is 35.9 Å². The second-order valence-electron chi connectivity index (χ2n) is 13.2. The van der Waals surface area contributed by atoms with E-state index in [1.165, 1.54) is 19.3 Å². The van der Waals surface area contributed by atoms with Crippen LogP contribution in [-0.4, -0.2) is 100 Å². The van der Waals surface area contributed by atoms with Gasteiger partial charge in [0, 0.05) is 43.7 Å². The maximum atomic E-state index is 12.9. The molecule has 40 heavy (non-hydrogen) atoms. The number of hydrogen-bond donors (Lipinski definition) is 4. The molecule has 0 aromatic heterocycles. The number of hydrogen-bond acceptors (Lipinski definition) is 8. The maximum absolute atomic E-state index is 12.9. The molecule has 2 saturated carbocycles. The third kappa shape index (κ3) is 8.86. The average Bonchev–Trinajstić information content (AvgIpc) is 2.94. The van der Waals surface area contributed by atoms with Gasteiger partial charge >= 0.3 is 0 Å². The molecule has 9 nitrogen and oxygen atoms in total. The summed E-state index contributed by atoms with van der Waals surface area (Å²) in [6.07, 6.45) is 10.4. The zero-order chi connectivity index (χ0) is 28.5. The van der Waals surface area contributed by atoms with Crippen LogP contribution in [0.15, 0.2) is 0 Å². The highest BCUT2D eigenvalue weighted by Crippen LogP contribution is 2.37. The molecule has 0 bridgehead atoms. The van der Waals surface area contributed by atoms with Gasteiger partial charge in [0.15, 0.2) is 0 Å². The number of ether oxygens (including phenoxy) is 2. The second kappa shape index (κ2) is 15.8. The summed E-state index contributed by atoms with van der Waals surface area (Å²) in [6.45, 7) is 8.54. The Bertz CT molecular complexity index is 815. The number of nitriles is 1. The van der Waals surface area contributed by atoms with Crippen molar-refractivity contribution in [2.45, 2.75) is 120 Å². The highest BCUT2D eigenvalue weighted by Gasteiger charge is 2.47. The van der Waals surface area contributed by atoms with Gasteiger partial charge in [-0.2, -0.15) is 5.26 Å². The van der Waals surface area contributed by atoms with Crippen LogP contribution in [0.3, 0.4) is 0 Å². The van der Waals surface area contributed by atoms with Gasteiger partial charge in [0.2, 0.25) is 5.91 Å². The molecule has 4 fully saturated rings. The Kier molecular flexibility index (Phi) is 12.5. The average molecular weight is 561 g/mol. The summed E-state index contributed by atoms with van der Waals surface area (Å²) in [6, 6.07) is 3.90. The lowest BCUT2D eigenvalue weighted by atomic mass is 9.69. The van der Waals surface area contributed by atoms with E-state index in [1.54, 1.807) is 0 Å². The third-order valence-corrected chi connectivity index (χ3v) is 9.82. The Balaban J connectivity index is 1.34. The molecular formula is C31H56N6O3. The number of carbonyl (C=O) groups excluding carboxylic acids is 1. The van der Waals surface area contributed by atoms with Crippen LogP contribution >= 0.6 is 0 Å². The van der Waals surface area contributed by atoms with E-state index >= 15 is 0 Å². The smallest absolute Gasteiger partial charge is 0.220 e. The maximum Gasteiger partial charge on any atom is 0.220 e. The lowest BCUT2D eigenvalue weighted by Gasteiger charge is -2.50. The first-order valence-electron chi connectivity index (χ1n) is 16.2. The van der Waals surface area contributed by atoms with E-state index in [0.717, 1.165) is 58.2 Å². The highest BCUT2D eigenvalue weighted by molar-refractivity contribution is 5.76. The van der Waals surface area contributed by atoms with E-state index in [9.17, 15) is 10.1 Å².